The van der Waals surface area contributed by atoms with E-state index in [0.717, 1.165) is 47.4 Å². The van der Waals surface area contributed by atoms with Crippen LogP contribution in [0.2, 0.25) is 0 Å². The van der Waals surface area contributed by atoms with Gasteiger partial charge in [-0.05, 0) is 29.5 Å². The second-order valence-electron chi connectivity index (χ2n) is 6.88. The number of hydrazone groups is 1. The van der Waals surface area contributed by atoms with Crippen LogP contribution in [0.3, 0.4) is 0 Å². The molecule has 1 saturated carbocycles. The van der Waals surface area contributed by atoms with Crippen LogP contribution in [0.4, 0.5) is 0 Å². The zero-order chi connectivity index (χ0) is 17.1. The molecule has 2 aromatic carbocycles. The fourth-order valence-electron chi connectivity index (χ4n) is 4.00. The van der Waals surface area contributed by atoms with Gasteiger partial charge in [-0.25, -0.2) is 0 Å². The lowest BCUT2D eigenvalue weighted by Crippen LogP contribution is -2.34. The number of nitrogens with zero attached hydrogens (tertiary/aromatic N) is 1. The summed E-state index contributed by atoms with van der Waals surface area (Å²) in [6, 6.07) is 20.6. The highest BCUT2D eigenvalue weighted by molar-refractivity contribution is 6.06. The van der Waals surface area contributed by atoms with Crippen molar-refractivity contribution in [2.45, 2.75) is 38.2 Å². The van der Waals surface area contributed by atoms with Gasteiger partial charge in [-0.3, -0.25) is 5.43 Å². The summed E-state index contributed by atoms with van der Waals surface area (Å²) < 4.78 is 0. The summed E-state index contributed by atoms with van der Waals surface area (Å²) in [4.78, 5) is 0. The summed E-state index contributed by atoms with van der Waals surface area (Å²) in [7, 11) is 0. The average Bonchev–Trinajstić information content (AvgIpc) is 2.66. The Bertz CT molecular complexity index is 780. The van der Waals surface area contributed by atoms with E-state index in [0.29, 0.717) is 0 Å². The summed E-state index contributed by atoms with van der Waals surface area (Å²) in [6.07, 6.45) is 4.88. The molecule has 2 atom stereocenters. The predicted octanol–water partition coefficient (Wildman–Crippen LogP) is 4.35. The van der Waals surface area contributed by atoms with Crippen LogP contribution in [0.1, 0.15) is 43.2 Å². The second kappa shape index (κ2) is 7.24. The standard InChI is InChI=1S/C22H24N2O/c25-19-15-9-3-8-14-18-20(19)22(17-12-6-2-7-13-17)24-23-21(18)16-10-4-1-5-11-16/h1-2,4-7,10-13,18-19,24-25H,3,8-9,14-15H2. The third kappa shape index (κ3) is 3.24. The van der Waals surface area contributed by atoms with Crippen molar-refractivity contribution in [3.8, 4) is 0 Å². The van der Waals surface area contributed by atoms with Crippen LogP contribution >= 0.6 is 0 Å². The summed E-state index contributed by atoms with van der Waals surface area (Å²) in [5, 5.41) is 15.7. The zero-order valence-electron chi connectivity index (χ0n) is 14.4. The summed E-state index contributed by atoms with van der Waals surface area (Å²) >= 11 is 0. The Labute approximate surface area is 149 Å². The molecule has 2 N–H and O–H groups in total. The van der Waals surface area contributed by atoms with Crippen LogP contribution in [-0.2, 0) is 0 Å². The van der Waals surface area contributed by atoms with E-state index in [1.165, 1.54) is 12.8 Å². The van der Waals surface area contributed by atoms with Crippen LogP contribution in [0.25, 0.3) is 5.70 Å². The Morgan fingerprint density at radius 3 is 2.16 bits per heavy atom. The number of benzene rings is 2. The van der Waals surface area contributed by atoms with Gasteiger partial charge in [0.1, 0.15) is 0 Å². The SMILES string of the molecule is OC1CCCCCC2C(c3ccccc3)=NNC(c3ccccc3)=C12. The van der Waals surface area contributed by atoms with Gasteiger partial charge in [0, 0.05) is 5.92 Å². The van der Waals surface area contributed by atoms with Gasteiger partial charge in [-0.1, -0.05) is 79.9 Å². The highest BCUT2D eigenvalue weighted by Gasteiger charge is 2.33. The van der Waals surface area contributed by atoms with Gasteiger partial charge in [0.15, 0.2) is 0 Å². The highest BCUT2D eigenvalue weighted by atomic mass is 16.3. The Morgan fingerprint density at radius 1 is 0.800 bits per heavy atom. The van der Waals surface area contributed by atoms with Crippen molar-refractivity contribution in [3.63, 3.8) is 0 Å². The fraction of sp³-hybridized carbons (Fsp3) is 0.318. The maximum absolute atomic E-state index is 11.0. The number of hydrogen-bond donors (Lipinski definition) is 2. The average molecular weight is 332 g/mol. The van der Waals surface area contributed by atoms with E-state index < -0.39 is 6.10 Å². The molecule has 3 heteroatoms. The Kier molecular flexibility index (Phi) is 4.66. The van der Waals surface area contributed by atoms with Gasteiger partial charge >= 0.3 is 0 Å². The van der Waals surface area contributed by atoms with Crippen LogP contribution in [0.15, 0.2) is 71.3 Å². The van der Waals surface area contributed by atoms with E-state index in [2.05, 4.69) is 29.7 Å². The molecule has 0 bridgehead atoms. The quantitative estimate of drug-likeness (QED) is 0.859. The first-order valence-corrected chi connectivity index (χ1v) is 9.21. The third-order valence-corrected chi connectivity index (χ3v) is 5.24. The van der Waals surface area contributed by atoms with Gasteiger partial charge in [-0.15, -0.1) is 0 Å². The van der Waals surface area contributed by atoms with Gasteiger partial charge < -0.3 is 5.11 Å². The molecule has 1 heterocycles. The minimum Gasteiger partial charge on any atom is -0.389 e. The van der Waals surface area contributed by atoms with E-state index in [-0.39, 0.29) is 5.92 Å². The molecule has 2 aromatic rings. The first-order chi connectivity index (χ1) is 12.3. The lowest BCUT2D eigenvalue weighted by molar-refractivity contribution is 0.180. The minimum absolute atomic E-state index is 0.175. The summed E-state index contributed by atoms with van der Waals surface area (Å²) in [5.74, 6) is 0.175. The molecule has 0 spiro atoms. The highest BCUT2D eigenvalue weighted by Crippen LogP contribution is 2.37. The fourth-order valence-corrected chi connectivity index (χ4v) is 4.00. The van der Waals surface area contributed by atoms with Crippen molar-refractivity contribution in [3.05, 3.63) is 77.4 Å². The van der Waals surface area contributed by atoms with Crippen LogP contribution in [-0.4, -0.2) is 16.9 Å². The smallest absolute Gasteiger partial charge is 0.0780 e. The summed E-state index contributed by atoms with van der Waals surface area (Å²) in [5.41, 5.74) is 8.65. The van der Waals surface area contributed by atoms with Crippen molar-refractivity contribution in [1.82, 2.24) is 5.43 Å². The molecule has 25 heavy (non-hydrogen) atoms. The summed E-state index contributed by atoms with van der Waals surface area (Å²) in [6.45, 7) is 0. The van der Waals surface area contributed by atoms with Crippen molar-refractivity contribution in [1.29, 1.82) is 0 Å². The number of fused-ring (bicyclic) bond motifs is 1. The number of rotatable bonds is 2. The second-order valence-corrected chi connectivity index (χ2v) is 6.88. The molecule has 2 unspecified atom stereocenters. The largest absolute Gasteiger partial charge is 0.389 e. The van der Waals surface area contributed by atoms with Gasteiger partial charge in [0.05, 0.1) is 17.5 Å². The predicted molar refractivity (Wildman–Crippen MR) is 102 cm³/mol. The monoisotopic (exact) mass is 332 g/mol. The molecule has 1 fully saturated rings. The first kappa shape index (κ1) is 16.1. The maximum atomic E-state index is 11.0. The molecule has 128 valence electrons. The number of aliphatic hydroxyl groups is 1. The van der Waals surface area contributed by atoms with Gasteiger partial charge in [-0.2, -0.15) is 5.10 Å². The molecule has 1 aliphatic carbocycles. The molecule has 0 aromatic heterocycles. The van der Waals surface area contributed by atoms with E-state index in [1.807, 2.05) is 36.4 Å². The molecule has 1 aliphatic heterocycles. The zero-order valence-corrected chi connectivity index (χ0v) is 14.4. The normalized spacial score (nSPS) is 23.8. The number of nitrogens with one attached hydrogen (secondary N) is 1. The molecule has 4 rings (SSSR count). The number of hydrogen-bond acceptors (Lipinski definition) is 3. The molecule has 0 amide bonds. The van der Waals surface area contributed by atoms with Crippen LogP contribution < -0.4 is 5.43 Å². The Hall–Kier alpha value is -2.39. The minimum atomic E-state index is -0.415. The Balaban J connectivity index is 1.81. The number of aliphatic hydroxyl groups excluding tert-OH is 1. The van der Waals surface area contributed by atoms with Crippen molar-refractivity contribution in [2.75, 3.05) is 0 Å². The van der Waals surface area contributed by atoms with Crippen LogP contribution in [0.5, 0.6) is 0 Å². The van der Waals surface area contributed by atoms with Crippen molar-refractivity contribution in [2.24, 2.45) is 11.0 Å². The topological polar surface area (TPSA) is 44.6 Å². The molecule has 0 radical (unpaired) electrons. The van der Waals surface area contributed by atoms with Crippen molar-refractivity contribution >= 4 is 11.4 Å². The first-order valence-electron chi connectivity index (χ1n) is 9.21. The van der Waals surface area contributed by atoms with Gasteiger partial charge in [0.25, 0.3) is 0 Å². The Morgan fingerprint density at radius 2 is 1.44 bits per heavy atom. The van der Waals surface area contributed by atoms with Gasteiger partial charge in [0.2, 0.25) is 0 Å². The molecule has 3 nitrogen and oxygen atoms in total. The molecule has 0 saturated heterocycles. The van der Waals surface area contributed by atoms with E-state index >= 15 is 0 Å². The lowest BCUT2D eigenvalue weighted by Gasteiger charge is -2.34. The van der Waals surface area contributed by atoms with E-state index in [1.54, 1.807) is 0 Å². The molecular formula is C22H24N2O. The lowest BCUT2D eigenvalue weighted by atomic mass is 9.77. The van der Waals surface area contributed by atoms with E-state index in [4.69, 9.17) is 5.10 Å². The van der Waals surface area contributed by atoms with Crippen LogP contribution in [0, 0.1) is 5.92 Å². The van der Waals surface area contributed by atoms with Crippen molar-refractivity contribution < 1.29 is 5.11 Å². The van der Waals surface area contributed by atoms with E-state index in [9.17, 15) is 5.11 Å². The molecule has 2 aliphatic rings. The maximum Gasteiger partial charge on any atom is 0.0780 e. The third-order valence-electron chi connectivity index (χ3n) is 5.24. The molecular weight excluding hydrogens is 308 g/mol.